The van der Waals surface area contributed by atoms with Crippen molar-refractivity contribution in [2.24, 2.45) is 0 Å². The van der Waals surface area contributed by atoms with E-state index in [1.54, 1.807) is 0 Å². The Labute approximate surface area is 89.0 Å². The molecule has 14 heavy (non-hydrogen) atoms. The van der Waals surface area contributed by atoms with Gasteiger partial charge in [-0.15, -0.1) is 0 Å². The molecule has 0 unspecified atom stereocenters. The van der Waals surface area contributed by atoms with Crippen LogP contribution in [0.3, 0.4) is 0 Å². The second kappa shape index (κ2) is 4.87. The number of methoxy groups -OCH3 is 1. The van der Waals surface area contributed by atoms with Crippen molar-refractivity contribution >= 4 is 27.7 Å². The predicted octanol–water partition coefficient (Wildman–Crippen LogP) is 0.155. The Bertz CT molecular complexity index is 344. The number of rotatable bonds is 3. The highest BCUT2D eigenvalue weighted by atomic mass is 79.9. The van der Waals surface area contributed by atoms with Crippen molar-refractivity contribution in [3.8, 4) is 0 Å². The second-order valence-electron chi connectivity index (χ2n) is 2.37. The minimum absolute atomic E-state index is 0.0800. The number of nitrogen functional groups attached to an aromatic ring is 1. The first-order valence-corrected chi connectivity index (χ1v) is 4.49. The Hall–Kier alpha value is -1.21. The van der Waals surface area contributed by atoms with Crippen LogP contribution in [0, 0.1) is 0 Å². The van der Waals surface area contributed by atoms with E-state index in [1.165, 1.54) is 13.3 Å². The number of nitrogens with two attached hydrogens (primary N) is 1. The summed E-state index contributed by atoms with van der Waals surface area (Å²) in [6.07, 6.45) is 1.42. The molecule has 76 valence electrons. The van der Waals surface area contributed by atoms with Gasteiger partial charge in [0, 0.05) is 7.11 Å². The highest BCUT2D eigenvalue weighted by Gasteiger charge is 2.12. The third-order valence-corrected chi connectivity index (χ3v) is 1.75. The SMILES string of the molecule is COCNC(=O)c1nc(Br)cnc1N. The molecule has 0 aliphatic rings. The topological polar surface area (TPSA) is 90.1 Å². The molecule has 0 spiro atoms. The third kappa shape index (κ3) is 2.64. The van der Waals surface area contributed by atoms with Gasteiger partial charge in [-0.1, -0.05) is 0 Å². The number of aromatic nitrogens is 2. The van der Waals surface area contributed by atoms with E-state index in [2.05, 4.69) is 36.0 Å². The van der Waals surface area contributed by atoms with Crippen LogP contribution in [-0.4, -0.2) is 29.7 Å². The molecule has 0 saturated heterocycles. The van der Waals surface area contributed by atoms with Crippen LogP contribution in [0.1, 0.15) is 10.5 Å². The Morgan fingerprint density at radius 3 is 3.14 bits per heavy atom. The second-order valence-corrected chi connectivity index (χ2v) is 3.18. The highest BCUT2D eigenvalue weighted by Crippen LogP contribution is 2.09. The van der Waals surface area contributed by atoms with E-state index in [0.29, 0.717) is 4.60 Å². The van der Waals surface area contributed by atoms with Crippen LogP contribution in [0.5, 0.6) is 0 Å². The molecule has 1 aromatic rings. The van der Waals surface area contributed by atoms with Crippen molar-refractivity contribution < 1.29 is 9.53 Å². The summed E-state index contributed by atoms with van der Waals surface area (Å²) in [5, 5.41) is 2.45. The lowest BCUT2D eigenvalue weighted by Crippen LogP contribution is -2.27. The Morgan fingerprint density at radius 2 is 2.50 bits per heavy atom. The molecule has 1 aromatic heterocycles. The number of hydrogen-bond acceptors (Lipinski definition) is 5. The highest BCUT2D eigenvalue weighted by molar-refractivity contribution is 9.10. The normalized spacial score (nSPS) is 9.86. The van der Waals surface area contributed by atoms with Gasteiger partial charge in [-0.05, 0) is 15.9 Å². The van der Waals surface area contributed by atoms with Gasteiger partial charge in [-0.3, -0.25) is 4.79 Å². The molecule has 1 heterocycles. The molecule has 0 radical (unpaired) electrons. The summed E-state index contributed by atoms with van der Waals surface area (Å²) in [4.78, 5) is 19.0. The standard InChI is InChI=1S/C7H9BrN4O2/c1-14-3-11-7(13)5-6(9)10-2-4(8)12-5/h2H,3H2,1H3,(H2,9,10)(H,11,13). The number of carbonyl (C=O) groups excluding carboxylic acids is 1. The molecule has 0 atom stereocenters. The van der Waals surface area contributed by atoms with E-state index < -0.39 is 5.91 Å². The zero-order valence-electron chi connectivity index (χ0n) is 7.45. The van der Waals surface area contributed by atoms with Crippen LogP contribution in [0.2, 0.25) is 0 Å². The number of halogens is 1. The van der Waals surface area contributed by atoms with Gasteiger partial charge in [0.1, 0.15) is 11.3 Å². The van der Waals surface area contributed by atoms with Crippen molar-refractivity contribution in [3.63, 3.8) is 0 Å². The molecule has 0 bridgehead atoms. The van der Waals surface area contributed by atoms with Gasteiger partial charge in [0.05, 0.1) is 6.20 Å². The number of hydrogen-bond donors (Lipinski definition) is 2. The van der Waals surface area contributed by atoms with E-state index in [0.717, 1.165) is 0 Å². The molecule has 0 fully saturated rings. The van der Waals surface area contributed by atoms with Crippen LogP contribution in [0.4, 0.5) is 5.82 Å². The number of ether oxygens (including phenoxy) is 1. The summed E-state index contributed by atoms with van der Waals surface area (Å²) in [5.74, 6) is -0.333. The monoisotopic (exact) mass is 260 g/mol. The Balaban J connectivity index is 2.83. The molecule has 0 aliphatic heterocycles. The van der Waals surface area contributed by atoms with E-state index in [-0.39, 0.29) is 18.2 Å². The van der Waals surface area contributed by atoms with E-state index in [1.807, 2.05) is 0 Å². The third-order valence-electron chi connectivity index (χ3n) is 1.36. The lowest BCUT2D eigenvalue weighted by Gasteiger charge is -2.04. The minimum Gasteiger partial charge on any atom is -0.382 e. The lowest BCUT2D eigenvalue weighted by molar-refractivity contribution is 0.0867. The van der Waals surface area contributed by atoms with Crippen molar-refractivity contribution in [2.45, 2.75) is 0 Å². The maximum Gasteiger partial charge on any atom is 0.275 e. The van der Waals surface area contributed by atoms with Crippen molar-refractivity contribution in [1.29, 1.82) is 0 Å². The van der Waals surface area contributed by atoms with Gasteiger partial charge < -0.3 is 15.8 Å². The number of anilines is 1. The molecule has 1 rings (SSSR count). The molecule has 6 nitrogen and oxygen atoms in total. The van der Waals surface area contributed by atoms with Gasteiger partial charge in [-0.2, -0.15) is 0 Å². The molecule has 1 amide bonds. The Morgan fingerprint density at radius 1 is 1.79 bits per heavy atom. The fourth-order valence-corrected chi connectivity index (χ4v) is 1.05. The molecule has 0 aliphatic carbocycles. The average Bonchev–Trinajstić information content (AvgIpc) is 2.18. The summed E-state index contributed by atoms with van der Waals surface area (Å²) in [7, 11) is 1.47. The van der Waals surface area contributed by atoms with Gasteiger partial charge in [0.2, 0.25) is 0 Å². The molecular weight excluding hydrogens is 252 g/mol. The van der Waals surface area contributed by atoms with Crippen molar-refractivity contribution in [2.75, 3.05) is 19.6 Å². The lowest BCUT2D eigenvalue weighted by atomic mass is 10.4. The summed E-state index contributed by atoms with van der Waals surface area (Å²) >= 11 is 3.09. The molecule has 0 aromatic carbocycles. The zero-order valence-corrected chi connectivity index (χ0v) is 9.04. The maximum absolute atomic E-state index is 11.4. The van der Waals surface area contributed by atoms with Gasteiger partial charge in [0.15, 0.2) is 11.5 Å². The van der Waals surface area contributed by atoms with Crippen molar-refractivity contribution in [1.82, 2.24) is 15.3 Å². The number of nitrogens with zero attached hydrogens (tertiary/aromatic N) is 2. The quantitative estimate of drug-likeness (QED) is 0.756. The first-order valence-electron chi connectivity index (χ1n) is 3.70. The first-order chi connectivity index (χ1) is 6.65. The summed E-state index contributed by atoms with van der Waals surface area (Å²) in [6, 6.07) is 0. The molecule has 0 saturated carbocycles. The summed E-state index contributed by atoms with van der Waals surface area (Å²) in [6.45, 7) is 0.104. The van der Waals surface area contributed by atoms with Crippen LogP contribution in [-0.2, 0) is 4.74 Å². The smallest absolute Gasteiger partial charge is 0.275 e. The molecule has 3 N–H and O–H groups in total. The largest absolute Gasteiger partial charge is 0.382 e. The van der Waals surface area contributed by atoms with Crippen molar-refractivity contribution in [3.05, 3.63) is 16.5 Å². The minimum atomic E-state index is -0.418. The number of carbonyl (C=O) groups is 1. The van der Waals surface area contributed by atoms with Crippen LogP contribution in [0.25, 0.3) is 0 Å². The van der Waals surface area contributed by atoms with Crippen LogP contribution < -0.4 is 11.1 Å². The van der Waals surface area contributed by atoms with Gasteiger partial charge >= 0.3 is 0 Å². The molecule has 7 heteroatoms. The predicted molar refractivity (Wildman–Crippen MR) is 53.5 cm³/mol. The van der Waals surface area contributed by atoms with Crippen LogP contribution >= 0.6 is 15.9 Å². The fraction of sp³-hybridized carbons (Fsp3) is 0.286. The summed E-state index contributed by atoms with van der Waals surface area (Å²) in [5.41, 5.74) is 5.55. The van der Waals surface area contributed by atoms with E-state index in [9.17, 15) is 4.79 Å². The van der Waals surface area contributed by atoms with Gasteiger partial charge in [0.25, 0.3) is 5.91 Å². The average molecular weight is 261 g/mol. The van der Waals surface area contributed by atoms with E-state index in [4.69, 9.17) is 5.73 Å². The molecular formula is C7H9BrN4O2. The summed E-state index contributed by atoms with van der Waals surface area (Å²) < 4.78 is 5.12. The number of nitrogens with one attached hydrogen (secondary N) is 1. The van der Waals surface area contributed by atoms with Gasteiger partial charge in [-0.25, -0.2) is 9.97 Å². The zero-order chi connectivity index (χ0) is 10.6. The van der Waals surface area contributed by atoms with E-state index >= 15 is 0 Å². The fourth-order valence-electron chi connectivity index (χ4n) is 0.765. The number of amides is 1. The maximum atomic E-state index is 11.4. The Kier molecular flexibility index (Phi) is 3.78. The van der Waals surface area contributed by atoms with Crippen LogP contribution in [0.15, 0.2) is 10.8 Å². The first kappa shape index (κ1) is 10.9.